The Kier molecular flexibility index (Phi) is 2.49. The van der Waals surface area contributed by atoms with Gasteiger partial charge in [-0.05, 0) is 11.5 Å². The van der Waals surface area contributed by atoms with Gasteiger partial charge in [0.2, 0.25) is 0 Å². The number of nitrogens with one attached hydrogen (secondary N) is 2. The second-order valence-electron chi connectivity index (χ2n) is 2.10. The summed E-state index contributed by atoms with van der Waals surface area (Å²) in [6.07, 6.45) is 0. The lowest BCUT2D eigenvalue weighted by Crippen LogP contribution is -2.19. The molecule has 0 aliphatic carbocycles. The standard InChI is InChI=1S/C6H10N4OS/c1-8-5(11)3-4(7)10-12-6(3)9-2/h9H,1-2H3,(H2,7,10)(H,8,11). The van der Waals surface area contributed by atoms with Crippen LogP contribution in [-0.2, 0) is 0 Å². The van der Waals surface area contributed by atoms with Crippen molar-refractivity contribution in [2.45, 2.75) is 0 Å². The summed E-state index contributed by atoms with van der Waals surface area (Å²) in [7, 11) is 3.28. The molecule has 0 saturated heterocycles. The molecule has 0 aliphatic heterocycles. The van der Waals surface area contributed by atoms with E-state index in [0.717, 1.165) is 0 Å². The van der Waals surface area contributed by atoms with Crippen LogP contribution >= 0.6 is 11.5 Å². The van der Waals surface area contributed by atoms with E-state index in [-0.39, 0.29) is 11.7 Å². The van der Waals surface area contributed by atoms with Gasteiger partial charge in [0.15, 0.2) is 5.82 Å². The van der Waals surface area contributed by atoms with Gasteiger partial charge in [-0.15, -0.1) is 0 Å². The fraction of sp³-hybridized carbons (Fsp3) is 0.333. The maximum absolute atomic E-state index is 11.2. The zero-order valence-electron chi connectivity index (χ0n) is 6.84. The molecule has 0 saturated carbocycles. The van der Waals surface area contributed by atoms with Gasteiger partial charge in [0.25, 0.3) is 5.91 Å². The molecule has 4 N–H and O–H groups in total. The minimum Gasteiger partial charge on any atom is -0.382 e. The highest BCUT2D eigenvalue weighted by atomic mass is 32.1. The quantitative estimate of drug-likeness (QED) is 0.613. The van der Waals surface area contributed by atoms with E-state index in [4.69, 9.17) is 5.73 Å². The van der Waals surface area contributed by atoms with E-state index in [0.29, 0.717) is 10.6 Å². The van der Waals surface area contributed by atoms with Gasteiger partial charge in [0.05, 0.1) is 0 Å². The molecule has 12 heavy (non-hydrogen) atoms. The first-order valence-electron chi connectivity index (χ1n) is 3.35. The van der Waals surface area contributed by atoms with Gasteiger partial charge < -0.3 is 16.4 Å². The second kappa shape index (κ2) is 3.40. The average molecular weight is 186 g/mol. The lowest BCUT2D eigenvalue weighted by atomic mass is 10.3. The number of aromatic nitrogens is 1. The number of nitrogen functional groups attached to an aromatic ring is 1. The molecule has 0 spiro atoms. The first-order valence-corrected chi connectivity index (χ1v) is 4.13. The van der Waals surface area contributed by atoms with Crippen LogP contribution in [0.2, 0.25) is 0 Å². The molecule has 0 aliphatic rings. The van der Waals surface area contributed by atoms with Gasteiger partial charge in [-0.3, -0.25) is 4.79 Å². The summed E-state index contributed by atoms with van der Waals surface area (Å²) in [6.45, 7) is 0. The number of carbonyl (C=O) groups excluding carboxylic acids is 1. The monoisotopic (exact) mass is 186 g/mol. The van der Waals surface area contributed by atoms with Gasteiger partial charge in [0, 0.05) is 14.1 Å². The van der Waals surface area contributed by atoms with Crippen LogP contribution in [0.4, 0.5) is 10.8 Å². The van der Waals surface area contributed by atoms with Crippen LogP contribution < -0.4 is 16.4 Å². The predicted octanol–water partition coefficient (Wildman–Crippen LogP) is 0.127. The summed E-state index contributed by atoms with van der Waals surface area (Å²) in [5, 5.41) is 6.02. The van der Waals surface area contributed by atoms with Crippen LogP contribution in [-0.4, -0.2) is 24.4 Å². The molecule has 66 valence electrons. The fourth-order valence-corrected chi connectivity index (χ4v) is 1.48. The maximum atomic E-state index is 11.2. The first kappa shape index (κ1) is 8.79. The van der Waals surface area contributed by atoms with E-state index >= 15 is 0 Å². The van der Waals surface area contributed by atoms with Crippen LogP contribution in [0.1, 0.15) is 10.4 Å². The fourth-order valence-electron chi connectivity index (χ4n) is 0.818. The SMILES string of the molecule is CNC(=O)c1c(N)nsc1NC. The number of carbonyl (C=O) groups is 1. The van der Waals surface area contributed by atoms with Crippen molar-refractivity contribution in [3.63, 3.8) is 0 Å². The van der Waals surface area contributed by atoms with Crippen molar-refractivity contribution in [3.8, 4) is 0 Å². The smallest absolute Gasteiger partial charge is 0.257 e. The Bertz CT molecular complexity index is 296. The average Bonchev–Trinajstić information content (AvgIpc) is 2.45. The molecule has 0 radical (unpaired) electrons. The van der Waals surface area contributed by atoms with Crippen LogP contribution in [0.25, 0.3) is 0 Å². The molecular formula is C6H10N4OS. The molecule has 1 heterocycles. The molecule has 0 fully saturated rings. The Morgan fingerprint density at radius 1 is 1.58 bits per heavy atom. The number of anilines is 2. The highest BCUT2D eigenvalue weighted by molar-refractivity contribution is 7.11. The predicted molar refractivity (Wildman–Crippen MR) is 49.5 cm³/mol. The molecule has 1 aromatic rings. The van der Waals surface area contributed by atoms with Gasteiger partial charge in [-0.25, -0.2) is 0 Å². The summed E-state index contributed by atoms with van der Waals surface area (Å²) < 4.78 is 3.85. The number of nitrogens with two attached hydrogens (primary N) is 1. The Morgan fingerprint density at radius 2 is 2.25 bits per heavy atom. The van der Waals surface area contributed by atoms with E-state index in [2.05, 4.69) is 15.0 Å². The van der Waals surface area contributed by atoms with Crippen molar-refractivity contribution < 1.29 is 4.79 Å². The van der Waals surface area contributed by atoms with E-state index in [1.54, 1.807) is 14.1 Å². The summed E-state index contributed by atoms with van der Waals surface area (Å²) in [6, 6.07) is 0. The van der Waals surface area contributed by atoms with Crippen LogP contribution in [0, 0.1) is 0 Å². The highest BCUT2D eigenvalue weighted by Gasteiger charge is 2.16. The molecule has 1 amide bonds. The number of hydrogen-bond acceptors (Lipinski definition) is 5. The number of hydrogen-bond donors (Lipinski definition) is 3. The zero-order valence-corrected chi connectivity index (χ0v) is 7.66. The van der Waals surface area contributed by atoms with Crippen molar-refractivity contribution in [2.75, 3.05) is 25.1 Å². The van der Waals surface area contributed by atoms with Crippen LogP contribution in [0.5, 0.6) is 0 Å². The van der Waals surface area contributed by atoms with E-state index in [1.165, 1.54) is 11.5 Å². The molecule has 1 aromatic heterocycles. The second-order valence-corrected chi connectivity index (χ2v) is 2.87. The maximum Gasteiger partial charge on any atom is 0.257 e. The normalized spacial score (nSPS) is 9.50. The number of rotatable bonds is 2. The summed E-state index contributed by atoms with van der Waals surface area (Å²) in [5.74, 6) is 0.0503. The Morgan fingerprint density at radius 3 is 2.75 bits per heavy atom. The Hall–Kier alpha value is -1.30. The van der Waals surface area contributed by atoms with Gasteiger partial charge in [-0.1, -0.05) is 0 Å². The molecule has 1 rings (SSSR count). The molecule has 0 bridgehead atoms. The molecule has 0 atom stereocenters. The van der Waals surface area contributed by atoms with Crippen LogP contribution in [0.15, 0.2) is 0 Å². The minimum atomic E-state index is -0.217. The summed E-state index contributed by atoms with van der Waals surface area (Å²) in [4.78, 5) is 11.2. The Labute approximate surface area is 74.1 Å². The minimum absolute atomic E-state index is 0.217. The topological polar surface area (TPSA) is 80.0 Å². The van der Waals surface area contributed by atoms with E-state index < -0.39 is 0 Å². The number of amides is 1. The van der Waals surface area contributed by atoms with Crippen molar-refractivity contribution in [2.24, 2.45) is 0 Å². The largest absolute Gasteiger partial charge is 0.382 e. The van der Waals surface area contributed by atoms with E-state index in [1.807, 2.05) is 0 Å². The highest BCUT2D eigenvalue weighted by Crippen LogP contribution is 2.25. The van der Waals surface area contributed by atoms with E-state index in [9.17, 15) is 4.79 Å². The summed E-state index contributed by atoms with van der Waals surface area (Å²) >= 11 is 1.17. The third kappa shape index (κ3) is 1.33. The third-order valence-corrected chi connectivity index (χ3v) is 2.28. The Balaban J connectivity index is 3.10. The summed E-state index contributed by atoms with van der Waals surface area (Å²) in [5.41, 5.74) is 5.91. The van der Waals surface area contributed by atoms with Crippen molar-refractivity contribution >= 4 is 28.3 Å². The molecular weight excluding hydrogens is 176 g/mol. The molecule has 0 unspecified atom stereocenters. The van der Waals surface area contributed by atoms with Gasteiger partial charge in [0.1, 0.15) is 10.6 Å². The van der Waals surface area contributed by atoms with Crippen molar-refractivity contribution in [1.82, 2.24) is 9.69 Å². The molecule has 0 aromatic carbocycles. The third-order valence-electron chi connectivity index (χ3n) is 1.40. The first-order chi connectivity index (χ1) is 5.70. The lowest BCUT2D eigenvalue weighted by molar-refractivity contribution is 0.0965. The zero-order chi connectivity index (χ0) is 9.14. The molecule has 5 nitrogen and oxygen atoms in total. The van der Waals surface area contributed by atoms with Crippen molar-refractivity contribution in [3.05, 3.63) is 5.56 Å². The van der Waals surface area contributed by atoms with Gasteiger partial charge >= 0.3 is 0 Å². The number of nitrogens with zero attached hydrogens (tertiary/aromatic N) is 1. The molecule has 6 heteroatoms. The lowest BCUT2D eigenvalue weighted by Gasteiger charge is -2.00. The van der Waals surface area contributed by atoms with Crippen LogP contribution in [0.3, 0.4) is 0 Å². The van der Waals surface area contributed by atoms with Gasteiger partial charge in [-0.2, -0.15) is 4.37 Å². The van der Waals surface area contributed by atoms with Crippen molar-refractivity contribution in [1.29, 1.82) is 0 Å².